The first-order valence-corrected chi connectivity index (χ1v) is 14.6. The van der Waals surface area contributed by atoms with Crippen LogP contribution in [0.15, 0.2) is 42.5 Å². The van der Waals surface area contributed by atoms with Gasteiger partial charge in [0.1, 0.15) is 17.7 Å². The highest BCUT2D eigenvalue weighted by Gasteiger charge is 2.38. The van der Waals surface area contributed by atoms with Crippen molar-refractivity contribution in [3.63, 3.8) is 0 Å². The largest absolute Gasteiger partial charge is 0.444 e. The number of thiol groups is 1. The summed E-state index contributed by atoms with van der Waals surface area (Å²) in [6.45, 7) is 17.4. The lowest BCUT2D eigenvalue weighted by molar-refractivity contribution is -0.143. The maximum atomic E-state index is 14.3. The van der Waals surface area contributed by atoms with Crippen LogP contribution >= 0.6 is 12.6 Å². The van der Waals surface area contributed by atoms with Crippen LogP contribution in [0.1, 0.15) is 82.7 Å². The van der Waals surface area contributed by atoms with Crippen molar-refractivity contribution >= 4 is 36.2 Å². The van der Waals surface area contributed by atoms with Crippen LogP contribution in [0, 0.1) is 26.7 Å². The van der Waals surface area contributed by atoms with Crippen molar-refractivity contribution in [3.8, 4) is 0 Å². The smallest absolute Gasteiger partial charge is 0.408 e. The molecule has 7 nitrogen and oxygen atoms in total. The minimum Gasteiger partial charge on any atom is -0.444 e. The summed E-state index contributed by atoms with van der Waals surface area (Å²) >= 11 is 4.40. The number of carbonyl (C=O) groups is 3. The molecule has 8 heteroatoms. The molecule has 0 aromatic heterocycles. The summed E-state index contributed by atoms with van der Waals surface area (Å²) in [4.78, 5) is 42.7. The molecule has 2 rings (SSSR count). The van der Waals surface area contributed by atoms with Gasteiger partial charge in [0.2, 0.25) is 5.91 Å². The van der Waals surface area contributed by atoms with Crippen molar-refractivity contribution < 1.29 is 19.1 Å². The van der Waals surface area contributed by atoms with E-state index in [4.69, 9.17) is 4.74 Å². The SMILES string of the molecule is Cc1ccc(C(C(=O)Nc2c(C)cccc2C)N(C(=O)C(CS)NC(=O)OC(C)(C)C)C(C)CCC(C)C)cc1. The lowest BCUT2D eigenvalue weighted by Crippen LogP contribution is -2.55. The normalized spacial score (nSPS) is 13.8. The number of alkyl carbamates (subject to hydrolysis) is 1. The lowest BCUT2D eigenvalue weighted by atomic mass is 9.96. The standard InChI is InChI=1S/C32H47N3O4S/c1-20(2)13-16-24(6)35(30(37)26(19-40)33-31(38)39-32(7,8)9)28(25-17-14-21(3)15-18-25)29(36)34-27-22(4)11-10-12-23(27)5/h10-12,14-15,17-18,20,24,26,28,40H,13,16,19H2,1-9H3,(H,33,38)(H,34,36). The molecule has 3 unspecified atom stereocenters. The number of para-hydroxylation sites is 1. The first kappa shape index (κ1) is 33.2. The lowest BCUT2D eigenvalue weighted by Gasteiger charge is -2.38. The number of amides is 3. The van der Waals surface area contributed by atoms with Crippen LogP contribution < -0.4 is 10.6 Å². The number of nitrogens with one attached hydrogen (secondary N) is 2. The molecule has 0 bridgehead atoms. The molecule has 0 saturated heterocycles. The van der Waals surface area contributed by atoms with Gasteiger partial charge in [0.25, 0.3) is 5.91 Å². The number of hydrogen-bond acceptors (Lipinski definition) is 5. The number of anilines is 1. The van der Waals surface area contributed by atoms with Crippen molar-refractivity contribution in [2.45, 2.75) is 98.9 Å². The van der Waals surface area contributed by atoms with Gasteiger partial charge in [-0.05, 0) is 83.9 Å². The number of hydrogen-bond donors (Lipinski definition) is 3. The van der Waals surface area contributed by atoms with E-state index < -0.39 is 23.8 Å². The van der Waals surface area contributed by atoms with Gasteiger partial charge in [0, 0.05) is 17.5 Å². The maximum Gasteiger partial charge on any atom is 0.408 e. The molecule has 0 aliphatic heterocycles. The van der Waals surface area contributed by atoms with Gasteiger partial charge in [0.15, 0.2) is 0 Å². The Kier molecular flexibility index (Phi) is 12.1. The molecule has 0 radical (unpaired) electrons. The number of aryl methyl sites for hydroxylation is 3. The zero-order valence-corrected chi connectivity index (χ0v) is 26.4. The molecule has 0 heterocycles. The quantitative estimate of drug-likeness (QED) is 0.261. The molecule has 2 aromatic carbocycles. The summed E-state index contributed by atoms with van der Waals surface area (Å²) < 4.78 is 5.42. The molecule has 2 aromatic rings. The number of ether oxygens (including phenoxy) is 1. The van der Waals surface area contributed by atoms with Gasteiger partial charge in [0.05, 0.1) is 0 Å². The van der Waals surface area contributed by atoms with E-state index in [9.17, 15) is 14.4 Å². The summed E-state index contributed by atoms with van der Waals surface area (Å²) in [6, 6.07) is 11.3. The van der Waals surface area contributed by atoms with Crippen molar-refractivity contribution in [2.24, 2.45) is 5.92 Å². The molecular formula is C32H47N3O4S. The third-order valence-corrected chi connectivity index (χ3v) is 7.08. The van der Waals surface area contributed by atoms with Crippen molar-refractivity contribution in [3.05, 3.63) is 64.7 Å². The average Bonchev–Trinajstić information content (AvgIpc) is 2.85. The molecule has 40 heavy (non-hydrogen) atoms. The van der Waals surface area contributed by atoms with Gasteiger partial charge < -0.3 is 20.3 Å². The number of rotatable bonds is 11. The summed E-state index contributed by atoms with van der Waals surface area (Å²) in [5.41, 5.74) is 3.60. The zero-order chi connectivity index (χ0) is 30.2. The van der Waals surface area contributed by atoms with Crippen LogP contribution in [-0.2, 0) is 14.3 Å². The Morgan fingerprint density at radius 1 is 0.925 bits per heavy atom. The average molecular weight is 570 g/mol. The van der Waals surface area contributed by atoms with Gasteiger partial charge >= 0.3 is 6.09 Å². The van der Waals surface area contributed by atoms with Crippen LogP contribution in [0.4, 0.5) is 10.5 Å². The second-order valence-corrected chi connectivity index (χ2v) is 12.4. The van der Waals surface area contributed by atoms with Gasteiger partial charge in [-0.1, -0.05) is 61.9 Å². The number of benzene rings is 2. The van der Waals surface area contributed by atoms with E-state index in [0.717, 1.165) is 28.8 Å². The number of nitrogens with zero attached hydrogens (tertiary/aromatic N) is 1. The first-order chi connectivity index (χ1) is 18.6. The maximum absolute atomic E-state index is 14.3. The Morgan fingerprint density at radius 3 is 2.00 bits per heavy atom. The van der Waals surface area contributed by atoms with Crippen LogP contribution in [0.25, 0.3) is 0 Å². The monoisotopic (exact) mass is 569 g/mol. The Hall–Kier alpha value is -3.00. The highest BCUT2D eigenvalue weighted by atomic mass is 32.1. The molecule has 3 amide bonds. The minimum absolute atomic E-state index is 0.0462. The third kappa shape index (κ3) is 9.58. The minimum atomic E-state index is -0.986. The Morgan fingerprint density at radius 2 is 1.50 bits per heavy atom. The molecule has 0 aliphatic rings. The Bertz CT molecular complexity index is 1140. The first-order valence-electron chi connectivity index (χ1n) is 14.0. The second-order valence-electron chi connectivity index (χ2n) is 12.0. The summed E-state index contributed by atoms with van der Waals surface area (Å²) in [7, 11) is 0. The molecule has 220 valence electrons. The van der Waals surface area contributed by atoms with Crippen LogP contribution in [0.5, 0.6) is 0 Å². The van der Waals surface area contributed by atoms with Crippen molar-refractivity contribution in [1.82, 2.24) is 10.2 Å². The summed E-state index contributed by atoms with van der Waals surface area (Å²) in [5, 5.41) is 5.80. The van der Waals surface area contributed by atoms with E-state index in [1.54, 1.807) is 25.7 Å². The van der Waals surface area contributed by atoms with Crippen LogP contribution in [0.2, 0.25) is 0 Å². The predicted octanol–water partition coefficient (Wildman–Crippen LogP) is 6.77. The number of carbonyl (C=O) groups excluding carboxylic acids is 3. The van der Waals surface area contributed by atoms with E-state index in [-0.39, 0.29) is 23.6 Å². The summed E-state index contributed by atoms with van der Waals surface area (Å²) in [5.74, 6) is -0.244. The van der Waals surface area contributed by atoms with E-state index in [2.05, 4.69) is 37.1 Å². The Balaban J connectivity index is 2.60. The van der Waals surface area contributed by atoms with Crippen molar-refractivity contribution in [1.29, 1.82) is 0 Å². The summed E-state index contributed by atoms with van der Waals surface area (Å²) in [6.07, 6.45) is 0.852. The molecule has 0 saturated carbocycles. The molecule has 3 atom stereocenters. The third-order valence-electron chi connectivity index (χ3n) is 6.71. The highest BCUT2D eigenvalue weighted by molar-refractivity contribution is 7.80. The van der Waals surface area contributed by atoms with Crippen LogP contribution in [-0.4, -0.2) is 46.2 Å². The van der Waals surface area contributed by atoms with Crippen molar-refractivity contribution in [2.75, 3.05) is 11.1 Å². The molecular weight excluding hydrogens is 522 g/mol. The molecule has 0 aliphatic carbocycles. The fourth-order valence-electron chi connectivity index (χ4n) is 4.52. The van der Waals surface area contributed by atoms with E-state index >= 15 is 0 Å². The van der Waals surface area contributed by atoms with Gasteiger partial charge in [-0.2, -0.15) is 12.6 Å². The van der Waals surface area contributed by atoms with E-state index in [1.807, 2.05) is 70.2 Å². The zero-order valence-electron chi connectivity index (χ0n) is 25.5. The van der Waals surface area contributed by atoms with Gasteiger partial charge in [-0.15, -0.1) is 0 Å². The molecule has 2 N–H and O–H groups in total. The van der Waals surface area contributed by atoms with E-state index in [1.165, 1.54) is 0 Å². The fourth-order valence-corrected chi connectivity index (χ4v) is 4.77. The molecule has 0 spiro atoms. The molecule has 0 fully saturated rings. The fraction of sp³-hybridized carbons (Fsp3) is 0.531. The second kappa shape index (κ2) is 14.6. The van der Waals surface area contributed by atoms with Crippen LogP contribution in [0.3, 0.4) is 0 Å². The van der Waals surface area contributed by atoms with E-state index in [0.29, 0.717) is 17.9 Å². The van der Waals surface area contributed by atoms with Gasteiger partial charge in [-0.25, -0.2) is 4.79 Å². The van der Waals surface area contributed by atoms with Gasteiger partial charge in [-0.3, -0.25) is 9.59 Å². The highest BCUT2D eigenvalue weighted by Crippen LogP contribution is 2.30. The Labute approximate surface area is 245 Å². The predicted molar refractivity (Wildman–Crippen MR) is 166 cm³/mol. The topological polar surface area (TPSA) is 87.7 Å².